The van der Waals surface area contributed by atoms with Crippen molar-refractivity contribution in [1.29, 1.82) is 0 Å². The molecular formula is C45H47ClF10N8O5S2. The van der Waals surface area contributed by atoms with Gasteiger partial charge in [-0.25, -0.2) is 22.8 Å². The Bertz CT molecular complexity index is 2840. The largest absolute Gasteiger partial charge is 0.464 e. The van der Waals surface area contributed by atoms with Crippen LogP contribution in [0.2, 0.25) is 5.02 Å². The molecule has 2 unspecified atom stereocenters. The number of aromatic nitrogens is 5. The van der Waals surface area contributed by atoms with E-state index >= 15 is 8.78 Å². The summed E-state index contributed by atoms with van der Waals surface area (Å²) in [6.45, 7) is 1.61. The number of alkyl halides is 8. The van der Waals surface area contributed by atoms with E-state index in [4.69, 9.17) is 22.4 Å². The van der Waals surface area contributed by atoms with Crippen LogP contribution >= 0.6 is 23.4 Å². The molecule has 3 atom stereocenters. The number of amides is 2. The number of nitrogens with two attached hydrogens (primary N) is 1. The molecule has 2 aliphatic carbocycles. The molecule has 2 aromatic carbocycles. The lowest BCUT2D eigenvalue weighted by atomic mass is 9.93. The average Bonchev–Trinajstić information content (AvgIpc) is 3.89. The fraction of sp³-hybridized carbons (Fsp3) is 0.444. The van der Waals surface area contributed by atoms with Gasteiger partial charge in [0.1, 0.15) is 47.1 Å². The molecule has 3 heterocycles. The third-order valence-corrected chi connectivity index (χ3v) is 13.4. The number of benzene rings is 2. The fourth-order valence-electron chi connectivity index (χ4n) is 7.76. The van der Waals surface area contributed by atoms with Gasteiger partial charge in [0.15, 0.2) is 11.5 Å². The minimum atomic E-state index is -5.19. The van der Waals surface area contributed by atoms with Crippen molar-refractivity contribution in [2.45, 2.75) is 107 Å². The van der Waals surface area contributed by atoms with Crippen molar-refractivity contribution in [3.63, 3.8) is 0 Å². The lowest BCUT2D eigenvalue weighted by Gasteiger charge is -2.23. The molecule has 0 aliphatic heterocycles. The SMILES string of the molecule is CO.CSC(C)(C)C#Cc1ccc(-c2ccc(Cl)c3c(N(C(=O)O)S(C)=O)nn(CC(F)(F)F)c23)c(C(Cc2cc(F)cc(F)c2)NC(=O)Cn2nc(C(F)(F)F)c3c2C(F)(F)C[C@@H]3C)n1.NC1CCC1. The van der Waals surface area contributed by atoms with Gasteiger partial charge in [-0.05, 0) is 87.1 Å². The normalized spacial score (nSPS) is 16.3. The molecule has 1 saturated carbocycles. The molecule has 0 saturated heterocycles. The average molecular weight is 1070 g/mol. The van der Waals surface area contributed by atoms with E-state index in [1.165, 1.54) is 49.2 Å². The third kappa shape index (κ3) is 13.4. The van der Waals surface area contributed by atoms with E-state index in [1.807, 2.05) is 0 Å². The van der Waals surface area contributed by atoms with Gasteiger partial charge >= 0.3 is 18.4 Å². The van der Waals surface area contributed by atoms with Crippen LogP contribution in [0.1, 0.15) is 92.3 Å². The summed E-state index contributed by atoms with van der Waals surface area (Å²) >= 11 is 7.87. The number of aliphatic hydroxyl groups is 1. The number of aliphatic hydroxyl groups excluding tert-OH is 1. The molecule has 26 heteroatoms. The number of fused-ring (bicyclic) bond motifs is 2. The second-order valence-electron chi connectivity index (χ2n) is 16.9. The van der Waals surface area contributed by atoms with Gasteiger partial charge < -0.3 is 21.3 Å². The molecule has 1 fully saturated rings. The first-order valence-electron chi connectivity index (χ1n) is 21.2. The van der Waals surface area contributed by atoms with Crippen LogP contribution in [0.5, 0.6) is 0 Å². The maximum absolute atomic E-state index is 15.3. The molecule has 386 valence electrons. The monoisotopic (exact) mass is 1070 g/mol. The van der Waals surface area contributed by atoms with Crippen LogP contribution in [0.15, 0.2) is 42.5 Å². The molecule has 5 N–H and O–H groups in total. The first-order valence-corrected chi connectivity index (χ1v) is 24.3. The van der Waals surface area contributed by atoms with Gasteiger partial charge in [-0.15, -0.1) is 11.8 Å². The highest BCUT2D eigenvalue weighted by Gasteiger charge is 2.53. The number of halogens is 11. The number of rotatable bonds is 11. The Morgan fingerprint density at radius 2 is 1.63 bits per heavy atom. The molecule has 2 aliphatic rings. The maximum atomic E-state index is 15.3. The van der Waals surface area contributed by atoms with E-state index in [0.29, 0.717) is 16.8 Å². The van der Waals surface area contributed by atoms with Gasteiger partial charge in [-0.2, -0.15) is 49.6 Å². The molecule has 71 heavy (non-hydrogen) atoms. The van der Waals surface area contributed by atoms with E-state index < -0.39 is 129 Å². The Hall–Kier alpha value is -5.42. The predicted molar refractivity (Wildman–Crippen MR) is 248 cm³/mol. The summed E-state index contributed by atoms with van der Waals surface area (Å²) in [5, 5.41) is 25.9. The molecule has 13 nitrogen and oxygen atoms in total. The summed E-state index contributed by atoms with van der Waals surface area (Å²) < 4.78 is 158. The van der Waals surface area contributed by atoms with E-state index in [0.717, 1.165) is 38.5 Å². The zero-order chi connectivity index (χ0) is 53.1. The van der Waals surface area contributed by atoms with Gasteiger partial charge in [0.2, 0.25) is 5.91 Å². The standard InChI is InChI=1S/C40H34ClF10N7O4S2.C4H9N.CH4O/c1-19-16-38(44,45)34-29(19)33(40(49,50)51)54-56(34)17-28(59)53-27(14-20-12-21(42)15-22(43)13-20)31-24(7-6-23(52-31)10-11-37(2,3)63-4)25-8-9-26(41)30-32(25)57(18-39(46,47)48)55-35(30)58(36(60)61)64(5)62;5-4-2-1-3-4;1-2/h6-9,12-13,15,19,27H,14,16-18H2,1-5H3,(H,53,59)(H,60,61);4H,1-3,5H2;2H,1H3/t19-,27?,64?;;/m0../s1. The van der Waals surface area contributed by atoms with Crippen LogP contribution in [-0.4, -0.2) is 87.6 Å². The summed E-state index contributed by atoms with van der Waals surface area (Å²) in [4.78, 5) is 31.0. The molecule has 2 amide bonds. The Kier molecular flexibility index (Phi) is 17.6. The van der Waals surface area contributed by atoms with Crippen LogP contribution in [0.3, 0.4) is 0 Å². The van der Waals surface area contributed by atoms with Gasteiger partial charge in [0, 0.05) is 48.6 Å². The molecule has 5 aromatic rings. The van der Waals surface area contributed by atoms with Crippen molar-refractivity contribution < 1.29 is 67.9 Å². The van der Waals surface area contributed by atoms with Crippen molar-refractivity contribution in [3.05, 3.63) is 93.0 Å². The van der Waals surface area contributed by atoms with Crippen LogP contribution in [0.4, 0.5) is 54.5 Å². The Labute approximate surface area is 412 Å². The number of pyridine rings is 1. The zero-order valence-electron chi connectivity index (χ0n) is 38.6. The lowest BCUT2D eigenvalue weighted by molar-refractivity contribution is -0.143. The van der Waals surface area contributed by atoms with E-state index in [9.17, 15) is 54.0 Å². The number of carbonyl (C=O) groups is 2. The van der Waals surface area contributed by atoms with Crippen molar-refractivity contribution in [2.75, 3.05) is 23.9 Å². The number of carboxylic acid groups (broad SMARTS) is 1. The van der Waals surface area contributed by atoms with Crippen molar-refractivity contribution in [3.8, 4) is 23.0 Å². The Morgan fingerprint density at radius 1 is 1.03 bits per heavy atom. The van der Waals surface area contributed by atoms with Crippen molar-refractivity contribution >= 4 is 63.1 Å². The topological polar surface area (TPSA) is 181 Å². The van der Waals surface area contributed by atoms with Crippen LogP contribution in [0, 0.1) is 23.5 Å². The van der Waals surface area contributed by atoms with Gasteiger partial charge in [0.25, 0.3) is 5.92 Å². The minimum Gasteiger partial charge on any atom is -0.464 e. The number of hydrogen-bond acceptors (Lipinski definition) is 9. The van der Waals surface area contributed by atoms with E-state index in [-0.39, 0.29) is 42.1 Å². The van der Waals surface area contributed by atoms with Crippen LogP contribution < -0.4 is 15.4 Å². The minimum absolute atomic E-state index is 0.0213. The summed E-state index contributed by atoms with van der Waals surface area (Å²) in [6.07, 6.45) is -7.08. The summed E-state index contributed by atoms with van der Waals surface area (Å²) in [5.74, 6) is -3.45. The lowest BCUT2D eigenvalue weighted by Crippen LogP contribution is -2.35. The van der Waals surface area contributed by atoms with Crippen molar-refractivity contribution in [2.24, 2.45) is 5.73 Å². The van der Waals surface area contributed by atoms with E-state index in [1.54, 1.807) is 20.1 Å². The Balaban J connectivity index is 0.00000124. The summed E-state index contributed by atoms with van der Waals surface area (Å²) in [7, 11) is -1.43. The first-order chi connectivity index (χ1) is 33.0. The van der Waals surface area contributed by atoms with Gasteiger partial charge in [-0.3, -0.25) is 14.2 Å². The first kappa shape index (κ1) is 56.5. The van der Waals surface area contributed by atoms with Gasteiger partial charge in [-0.1, -0.05) is 36.9 Å². The number of thioether (sulfide) groups is 1. The highest BCUT2D eigenvalue weighted by molar-refractivity contribution is 8.00. The smallest absolute Gasteiger partial charge is 0.435 e. The number of carbonyl (C=O) groups excluding carboxylic acids is 1. The molecule has 0 bridgehead atoms. The molecule has 3 aromatic heterocycles. The zero-order valence-corrected chi connectivity index (χ0v) is 41.0. The molecule has 0 radical (unpaired) electrons. The van der Waals surface area contributed by atoms with Crippen LogP contribution in [0.25, 0.3) is 22.0 Å². The van der Waals surface area contributed by atoms with Gasteiger partial charge in [0.05, 0.1) is 32.4 Å². The van der Waals surface area contributed by atoms with Crippen molar-refractivity contribution in [1.82, 2.24) is 29.9 Å². The number of hydrogen-bond donors (Lipinski definition) is 4. The van der Waals surface area contributed by atoms with E-state index in [2.05, 4.69) is 32.3 Å². The third-order valence-electron chi connectivity index (χ3n) is 11.1. The highest BCUT2D eigenvalue weighted by Crippen LogP contribution is 2.52. The maximum Gasteiger partial charge on any atom is 0.435 e. The van der Waals surface area contributed by atoms with Crippen LogP contribution in [-0.2, 0) is 47.4 Å². The summed E-state index contributed by atoms with van der Waals surface area (Å²) in [6, 6.07) is 6.23. The number of anilines is 1. The highest BCUT2D eigenvalue weighted by atomic mass is 35.5. The molecule has 7 rings (SSSR count). The molecular weight excluding hydrogens is 1020 g/mol. The quantitative estimate of drug-likeness (QED) is 0.0734. The predicted octanol–water partition coefficient (Wildman–Crippen LogP) is 9.88. The Morgan fingerprint density at radius 3 is 2.15 bits per heavy atom. The summed E-state index contributed by atoms with van der Waals surface area (Å²) in [5.41, 5.74) is 0.532. The second kappa shape index (κ2) is 22.1. The fourth-order valence-corrected chi connectivity index (χ4v) is 8.74. The number of nitrogens with one attached hydrogen (secondary N) is 1. The molecule has 0 spiro atoms. The second-order valence-corrected chi connectivity index (χ2v) is 19.9. The number of nitrogens with zero attached hydrogens (tertiary/aromatic N) is 6.